The third kappa shape index (κ3) is 6.01. The van der Waals surface area contributed by atoms with Crippen LogP contribution in [0, 0.1) is 25.6 Å². The molecule has 1 fully saturated rings. The van der Waals surface area contributed by atoms with Crippen molar-refractivity contribution in [3.05, 3.63) is 51.2 Å². The summed E-state index contributed by atoms with van der Waals surface area (Å²) in [5.74, 6) is 1.28. The van der Waals surface area contributed by atoms with E-state index in [1.54, 1.807) is 25.3 Å². The lowest BCUT2D eigenvalue weighted by atomic mass is 9.97. The minimum atomic E-state index is -0.164. The zero-order chi connectivity index (χ0) is 19.9. The van der Waals surface area contributed by atoms with Gasteiger partial charge in [-0.15, -0.1) is 11.3 Å². The largest absolute Gasteiger partial charge is 0.356 e. The fraction of sp³-hybridized carbons (Fsp3) is 0.524. The van der Waals surface area contributed by atoms with Crippen molar-refractivity contribution in [1.82, 2.24) is 20.5 Å². The lowest BCUT2D eigenvalue weighted by Gasteiger charge is -2.31. The molecule has 7 heteroatoms. The molecule has 0 unspecified atom stereocenters. The Morgan fingerprint density at radius 1 is 1.29 bits per heavy atom. The van der Waals surface area contributed by atoms with E-state index in [1.165, 1.54) is 24.6 Å². The minimum Gasteiger partial charge on any atom is -0.356 e. The van der Waals surface area contributed by atoms with Crippen LogP contribution in [0.1, 0.15) is 34.7 Å². The summed E-state index contributed by atoms with van der Waals surface area (Å²) < 4.78 is 13.4. The maximum absolute atomic E-state index is 13.4. The van der Waals surface area contributed by atoms with Crippen LogP contribution in [0.15, 0.2) is 28.6 Å². The lowest BCUT2D eigenvalue weighted by Crippen LogP contribution is -2.42. The molecular weight excluding hydrogens is 373 g/mol. The van der Waals surface area contributed by atoms with Crippen LogP contribution in [0.5, 0.6) is 0 Å². The van der Waals surface area contributed by atoms with Gasteiger partial charge < -0.3 is 10.6 Å². The number of aromatic nitrogens is 1. The van der Waals surface area contributed by atoms with Gasteiger partial charge >= 0.3 is 0 Å². The third-order valence-electron chi connectivity index (χ3n) is 5.22. The van der Waals surface area contributed by atoms with Crippen molar-refractivity contribution < 1.29 is 4.39 Å². The molecule has 0 atom stereocenters. The minimum absolute atomic E-state index is 0.164. The van der Waals surface area contributed by atoms with Gasteiger partial charge in [0.2, 0.25) is 0 Å². The molecule has 0 amide bonds. The van der Waals surface area contributed by atoms with Crippen LogP contribution in [-0.2, 0) is 13.1 Å². The van der Waals surface area contributed by atoms with E-state index in [-0.39, 0.29) is 5.82 Å². The molecule has 0 bridgehead atoms. The zero-order valence-corrected chi connectivity index (χ0v) is 17.8. The average Bonchev–Trinajstić information content (AvgIpc) is 3.10. The first-order chi connectivity index (χ1) is 13.5. The van der Waals surface area contributed by atoms with Crippen molar-refractivity contribution >= 4 is 17.3 Å². The molecule has 1 aromatic heterocycles. The number of likely N-dealkylation sites (tertiary alicyclic amines) is 1. The van der Waals surface area contributed by atoms with Crippen LogP contribution >= 0.6 is 11.3 Å². The second kappa shape index (κ2) is 9.98. The van der Waals surface area contributed by atoms with E-state index in [0.717, 1.165) is 42.7 Å². The van der Waals surface area contributed by atoms with Gasteiger partial charge in [-0.2, -0.15) is 0 Å². The maximum atomic E-state index is 13.4. The SMILES string of the molecule is CN=C(NCc1ccc(F)c(C)c1)NCC1CCN(Cc2csc(C)n2)CC1. The topological polar surface area (TPSA) is 52.6 Å². The smallest absolute Gasteiger partial charge is 0.191 e. The van der Waals surface area contributed by atoms with Crippen molar-refractivity contribution in [3.8, 4) is 0 Å². The number of aryl methyl sites for hydroxylation is 2. The van der Waals surface area contributed by atoms with Gasteiger partial charge in [0.05, 0.1) is 10.7 Å². The van der Waals surface area contributed by atoms with E-state index >= 15 is 0 Å². The zero-order valence-electron chi connectivity index (χ0n) is 17.0. The highest BCUT2D eigenvalue weighted by Gasteiger charge is 2.20. The van der Waals surface area contributed by atoms with Crippen LogP contribution in [0.25, 0.3) is 0 Å². The molecule has 152 valence electrons. The van der Waals surface area contributed by atoms with Gasteiger partial charge in [-0.05, 0) is 62.9 Å². The predicted octanol–water partition coefficient (Wildman–Crippen LogP) is 3.48. The number of benzene rings is 1. The molecule has 3 rings (SSSR count). The van der Waals surface area contributed by atoms with Gasteiger partial charge in [0.15, 0.2) is 5.96 Å². The van der Waals surface area contributed by atoms with Crippen LogP contribution < -0.4 is 10.6 Å². The summed E-state index contributed by atoms with van der Waals surface area (Å²) in [5, 5.41) is 10.1. The second-order valence-corrected chi connectivity index (χ2v) is 8.53. The second-order valence-electron chi connectivity index (χ2n) is 7.47. The molecule has 28 heavy (non-hydrogen) atoms. The Hall–Kier alpha value is -1.99. The number of rotatable bonds is 6. The molecule has 0 spiro atoms. The number of nitrogens with zero attached hydrogens (tertiary/aromatic N) is 3. The molecule has 2 heterocycles. The van der Waals surface area contributed by atoms with Crippen molar-refractivity contribution in [2.45, 2.75) is 39.8 Å². The summed E-state index contributed by atoms with van der Waals surface area (Å²) in [5.41, 5.74) is 2.91. The summed E-state index contributed by atoms with van der Waals surface area (Å²) in [7, 11) is 1.78. The normalized spacial score (nSPS) is 16.4. The number of aliphatic imine (C=N–C) groups is 1. The van der Waals surface area contributed by atoms with Gasteiger partial charge in [-0.1, -0.05) is 12.1 Å². The van der Waals surface area contributed by atoms with Crippen LogP contribution in [0.3, 0.4) is 0 Å². The Morgan fingerprint density at radius 2 is 2.07 bits per heavy atom. The molecule has 0 radical (unpaired) electrons. The van der Waals surface area contributed by atoms with Crippen LogP contribution in [-0.4, -0.2) is 42.5 Å². The Kier molecular flexibility index (Phi) is 7.39. The number of thiazole rings is 1. The first-order valence-corrected chi connectivity index (χ1v) is 10.7. The fourth-order valence-electron chi connectivity index (χ4n) is 3.52. The van der Waals surface area contributed by atoms with E-state index in [0.29, 0.717) is 18.0 Å². The Morgan fingerprint density at radius 3 is 2.71 bits per heavy atom. The van der Waals surface area contributed by atoms with E-state index in [4.69, 9.17) is 0 Å². The lowest BCUT2D eigenvalue weighted by molar-refractivity contribution is 0.176. The predicted molar refractivity (Wildman–Crippen MR) is 114 cm³/mol. The molecule has 1 saturated heterocycles. The summed E-state index contributed by atoms with van der Waals surface area (Å²) in [6, 6.07) is 5.20. The molecule has 2 N–H and O–H groups in total. The summed E-state index contributed by atoms with van der Waals surface area (Å²) in [6.45, 7) is 8.59. The number of piperidine rings is 1. The molecule has 5 nitrogen and oxygen atoms in total. The Bertz CT molecular complexity index is 796. The number of guanidine groups is 1. The number of hydrogen-bond donors (Lipinski definition) is 2. The highest BCUT2D eigenvalue weighted by molar-refractivity contribution is 7.09. The quantitative estimate of drug-likeness (QED) is 0.573. The number of nitrogens with one attached hydrogen (secondary N) is 2. The van der Waals surface area contributed by atoms with E-state index in [2.05, 4.69) is 37.8 Å². The molecule has 1 aromatic carbocycles. The molecule has 1 aliphatic heterocycles. The van der Waals surface area contributed by atoms with Gasteiger partial charge in [0, 0.05) is 32.1 Å². The fourth-order valence-corrected chi connectivity index (χ4v) is 4.13. The van der Waals surface area contributed by atoms with Gasteiger partial charge in [-0.3, -0.25) is 9.89 Å². The number of hydrogen-bond acceptors (Lipinski definition) is 4. The Balaban J connectivity index is 1.38. The molecule has 1 aliphatic rings. The first kappa shape index (κ1) is 20.7. The summed E-state index contributed by atoms with van der Waals surface area (Å²) >= 11 is 1.73. The first-order valence-electron chi connectivity index (χ1n) is 9.86. The van der Waals surface area contributed by atoms with Gasteiger partial charge in [0.1, 0.15) is 5.82 Å². The van der Waals surface area contributed by atoms with Crippen LogP contribution in [0.4, 0.5) is 4.39 Å². The highest BCUT2D eigenvalue weighted by Crippen LogP contribution is 2.19. The average molecular weight is 404 g/mol. The monoisotopic (exact) mass is 403 g/mol. The molecule has 2 aromatic rings. The Labute approximate surface area is 171 Å². The van der Waals surface area contributed by atoms with Crippen molar-refractivity contribution in [1.29, 1.82) is 0 Å². The van der Waals surface area contributed by atoms with E-state index in [1.807, 2.05) is 12.1 Å². The van der Waals surface area contributed by atoms with Gasteiger partial charge in [0.25, 0.3) is 0 Å². The molecule has 0 saturated carbocycles. The molecule has 0 aliphatic carbocycles. The van der Waals surface area contributed by atoms with E-state index in [9.17, 15) is 4.39 Å². The van der Waals surface area contributed by atoms with Crippen molar-refractivity contribution in [2.24, 2.45) is 10.9 Å². The van der Waals surface area contributed by atoms with Crippen molar-refractivity contribution in [2.75, 3.05) is 26.7 Å². The maximum Gasteiger partial charge on any atom is 0.191 e. The number of halogens is 1. The van der Waals surface area contributed by atoms with Gasteiger partial charge in [-0.25, -0.2) is 9.37 Å². The molecular formula is C21H30FN5S. The summed E-state index contributed by atoms with van der Waals surface area (Å²) in [4.78, 5) is 11.4. The van der Waals surface area contributed by atoms with Crippen molar-refractivity contribution in [3.63, 3.8) is 0 Å². The van der Waals surface area contributed by atoms with Crippen LogP contribution in [0.2, 0.25) is 0 Å². The van der Waals surface area contributed by atoms with E-state index < -0.39 is 0 Å². The standard InChI is InChI=1S/C21H30FN5S/c1-15-10-18(4-5-20(15)22)12-25-21(23-3)24-11-17-6-8-27(9-7-17)13-19-14-28-16(2)26-19/h4-5,10,14,17H,6-9,11-13H2,1-3H3,(H2,23,24,25). The highest BCUT2D eigenvalue weighted by atomic mass is 32.1. The third-order valence-corrected chi connectivity index (χ3v) is 6.05. The summed E-state index contributed by atoms with van der Waals surface area (Å²) in [6.07, 6.45) is 2.37.